The van der Waals surface area contributed by atoms with Gasteiger partial charge in [-0.1, -0.05) is 23.2 Å². The highest BCUT2D eigenvalue weighted by molar-refractivity contribution is 6.34. The Bertz CT molecular complexity index is 324. The predicted octanol–water partition coefficient (Wildman–Crippen LogP) is 2.19. The summed E-state index contributed by atoms with van der Waals surface area (Å²) < 4.78 is 0. The molecule has 1 heterocycles. The first-order valence-corrected chi connectivity index (χ1v) is 4.73. The lowest BCUT2D eigenvalue weighted by Gasteiger charge is -2.03. The maximum Gasteiger partial charge on any atom is 0.303 e. The zero-order valence-electron chi connectivity index (χ0n) is 7.20. The zero-order valence-corrected chi connectivity index (χ0v) is 8.72. The van der Waals surface area contributed by atoms with Gasteiger partial charge in [-0.05, 0) is 12.8 Å². The van der Waals surface area contributed by atoms with Gasteiger partial charge in [0.2, 0.25) is 0 Å². The molecule has 0 radical (unpaired) electrons. The molecule has 1 rings (SSSR count). The Hall–Kier alpha value is -0.870. The molecule has 0 fully saturated rings. The molecule has 14 heavy (non-hydrogen) atoms. The fourth-order valence-electron chi connectivity index (χ4n) is 0.994. The van der Waals surface area contributed by atoms with Crippen LogP contribution in [0.15, 0.2) is 6.33 Å². The van der Waals surface area contributed by atoms with E-state index in [0.717, 1.165) is 0 Å². The SMILES string of the molecule is O=C(O)CCCc1c(Cl)ncnc1Cl. The number of carboxylic acids is 1. The average Bonchev–Trinajstić information content (AvgIpc) is 2.09. The molecule has 1 aromatic rings. The summed E-state index contributed by atoms with van der Waals surface area (Å²) in [5.74, 6) is -0.839. The second-order valence-corrected chi connectivity index (χ2v) is 3.40. The number of halogens is 2. The number of hydrogen-bond donors (Lipinski definition) is 1. The van der Waals surface area contributed by atoms with E-state index in [1.165, 1.54) is 6.33 Å². The maximum absolute atomic E-state index is 10.3. The van der Waals surface area contributed by atoms with E-state index in [1.54, 1.807) is 0 Å². The van der Waals surface area contributed by atoms with Crippen molar-refractivity contribution in [3.05, 3.63) is 22.2 Å². The molecule has 0 unspecified atom stereocenters. The number of aliphatic carboxylic acids is 1. The van der Waals surface area contributed by atoms with Crippen LogP contribution in [0.2, 0.25) is 10.3 Å². The standard InChI is InChI=1S/C8H8Cl2N2O2/c9-7-5(2-1-3-6(13)14)8(10)12-4-11-7/h4H,1-3H2,(H,13,14). The smallest absolute Gasteiger partial charge is 0.303 e. The van der Waals surface area contributed by atoms with Gasteiger partial charge in [-0.25, -0.2) is 9.97 Å². The summed E-state index contributed by atoms with van der Waals surface area (Å²) in [4.78, 5) is 17.8. The van der Waals surface area contributed by atoms with Crippen molar-refractivity contribution in [1.82, 2.24) is 9.97 Å². The van der Waals surface area contributed by atoms with E-state index in [9.17, 15) is 4.79 Å². The number of nitrogens with zero attached hydrogens (tertiary/aromatic N) is 2. The molecule has 0 aromatic carbocycles. The van der Waals surface area contributed by atoms with Crippen LogP contribution in [0.4, 0.5) is 0 Å². The molecule has 0 atom stereocenters. The molecule has 0 aliphatic carbocycles. The van der Waals surface area contributed by atoms with Gasteiger partial charge in [-0.15, -0.1) is 0 Å². The second kappa shape index (κ2) is 5.12. The summed E-state index contributed by atoms with van der Waals surface area (Å²) in [6.07, 6.45) is 2.31. The quantitative estimate of drug-likeness (QED) is 0.812. The highest BCUT2D eigenvalue weighted by Crippen LogP contribution is 2.21. The molecule has 0 spiro atoms. The monoisotopic (exact) mass is 234 g/mol. The van der Waals surface area contributed by atoms with Crippen LogP contribution in [0, 0.1) is 0 Å². The Balaban J connectivity index is 2.62. The Morgan fingerprint density at radius 3 is 2.43 bits per heavy atom. The van der Waals surface area contributed by atoms with E-state index in [1.807, 2.05) is 0 Å². The molecular weight excluding hydrogens is 227 g/mol. The van der Waals surface area contributed by atoms with Gasteiger partial charge in [0.15, 0.2) is 0 Å². The highest BCUT2D eigenvalue weighted by Gasteiger charge is 2.08. The van der Waals surface area contributed by atoms with Crippen molar-refractivity contribution in [3.8, 4) is 0 Å². The summed E-state index contributed by atoms with van der Waals surface area (Å²) in [5.41, 5.74) is 0.608. The van der Waals surface area contributed by atoms with Crippen LogP contribution in [0.1, 0.15) is 18.4 Å². The van der Waals surface area contributed by atoms with Crippen LogP contribution in [0.5, 0.6) is 0 Å². The molecule has 0 saturated heterocycles. The van der Waals surface area contributed by atoms with Crippen molar-refractivity contribution in [2.24, 2.45) is 0 Å². The van der Waals surface area contributed by atoms with Crippen molar-refractivity contribution >= 4 is 29.2 Å². The fourth-order valence-corrected chi connectivity index (χ4v) is 1.50. The number of rotatable bonds is 4. The molecule has 0 aliphatic heterocycles. The Kier molecular flexibility index (Phi) is 4.10. The van der Waals surface area contributed by atoms with Gasteiger partial charge >= 0.3 is 5.97 Å². The normalized spacial score (nSPS) is 10.1. The molecule has 4 nitrogen and oxygen atoms in total. The lowest BCUT2D eigenvalue weighted by atomic mass is 10.1. The van der Waals surface area contributed by atoms with Gasteiger partial charge in [0.25, 0.3) is 0 Å². The van der Waals surface area contributed by atoms with Crippen LogP contribution in [0.25, 0.3) is 0 Å². The van der Waals surface area contributed by atoms with Crippen molar-refractivity contribution in [1.29, 1.82) is 0 Å². The van der Waals surface area contributed by atoms with E-state index in [4.69, 9.17) is 28.3 Å². The molecule has 76 valence electrons. The van der Waals surface area contributed by atoms with Gasteiger partial charge in [-0.3, -0.25) is 4.79 Å². The van der Waals surface area contributed by atoms with Crippen molar-refractivity contribution in [2.75, 3.05) is 0 Å². The van der Waals surface area contributed by atoms with Gasteiger partial charge < -0.3 is 5.11 Å². The van der Waals surface area contributed by atoms with Gasteiger partial charge in [0.05, 0.1) is 0 Å². The van der Waals surface area contributed by atoms with Crippen LogP contribution < -0.4 is 0 Å². The van der Waals surface area contributed by atoms with Gasteiger partial charge in [0.1, 0.15) is 16.6 Å². The van der Waals surface area contributed by atoms with Crippen molar-refractivity contribution in [2.45, 2.75) is 19.3 Å². The molecule has 0 saturated carbocycles. The topological polar surface area (TPSA) is 63.1 Å². The minimum atomic E-state index is -0.839. The molecule has 0 bridgehead atoms. The largest absolute Gasteiger partial charge is 0.481 e. The lowest BCUT2D eigenvalue weighted by molar-refractivity contribution is -0.137. The van der Waals surface area contributed by atoms with E-state index >= 15 is 0 Å². The zero-order chi connectivity index (χ0) is 10.6. The summed E-state index contributed by atoms with van der Waals surface area (Å²) in [5, 5.41) is 9.01. The van der Waals surface area contributed by atoms with E-state index in [2.05, 4.69) is 9.97 Å². The third kappa shape index (κ3) is 3.12. The number of carboxylic acid groups (broad SMARTS) is 1. The molecule has 0 aliphatic rings. The Labute approximate surface area is 90.9 Å². The summed E-state index contributed by atoms with van der Waals surface area (Å²) in [6, 6.07) is 0. The molecule has 0 amide bonds. The number of aromatic nitrogens is 2. The number of hydrogen-bond acceptors (Lipinski definition) is 3. The predicted molar refractivity (Wildman–Crippen MR) is 52.6 cm³/mol. The van der Waals surface area contributed by atoms with Gasteiger partial charge in [-0.2, -0.15) is 0 Å². The van der Waals surface area contributed by atoms with Crippen LogP contribution in [0.3, 0.4) is 0 Å². The third-order valence-corrected chi connectivity index (χ3v) is 2.31. The fraction of sp³-hybridized carbons (Fsp3) is 0.375. The highest BCUT2D eigenvalue weighted by atomic mass is 35.5. The first kappa shape index (κ1) is 11.2. The summed E-state index contributed by atoms with van der Waals surface area (Å²) >= 11 is 11.5. The Morgan fingerprint density at radius 1 is 1.36 bits per heavy atom. The molecule has 6 heteroatoms. The first-order valence-electron chi connectivity index (χ1n) is 3.98. The molecule has 1 N–H and O–H groups in total. The Morgan fingerprint density at radius 2 is 1.93 bits per heavy atom. The van der Waals surface area contributed by atoms with Crippen molar-refractivity contribution < 1.29 is 9.90 Å². The molecular formula is C8H8Cl2N2O2. The third-order valence-electron chi connectivity index (χ3n) is 1.66. The van der Waals surface area contributed by atoms with Crippen LogP contribution in [-0.2, 0) is 11.2 Å². The van der Waals surface area contributed by atoms with E-state index < -0.39 is 5.97 Å². The van der Waals surface area contributed by atoms with Crippen LogP contribution >= 0.6 is 23.2 Å². The molecule has 1 aromatic heterocycles. The minimum absolute atomic E-state index is 0.0849. The number of carbonyl (C=O) groups is 1. The van der Waals surface area contributed by atoms with E-state index in [-0.39, 0.29) is 16.7 Å². The summed E-state index contributed by atoms with van der Waals surface area (Å²) in [7, 11) is 0. The van der Waals surface area contributed by atoms with Crippen LogP contribution in [-0.4, -0.2) is 21.0 Å². The van der Waals surface area contributed by atoms with Crippen molar-refractivity contribution in [3.63, 3.8) is 0 Å². The minimum Gasteiger partial charge on any atom is -0.481 e. The average molecular weight is 235 g/mol. The second-order valence-electron chi connectivity index (χ2n) is 2.68. The van der Waals surface area contributed by atoms with E-state index in [0.29, 0.717) is 18.4 Å². The summed E-state index contributed by atoms with van der Waals surface area (Å²) in [6.45, 7) is 0. The maximum atomic E-state index is 10.3. The van der Waals surface area contributed by atoms with Gasteiger partial charge in [0, 0.05) is 12.0 Å². The lowest BCUT2D eigenvalue weighted by Crippen LogP contribution is -1.98. The first-order chi connectivity index (χ1) is 6.61.